The summed E-state index contributed by atoms with van der Waals surface area (Å²) in [6, 6.07) is 13.8. The van der Waals surface area contributed by atoms with Gasteiger partial charge in [0.1, 0.15) is 11.6 Å². The molecule has 0 spiro atoms. The minimum absolute atomic E-state index is 0.168. The molecule has 30 heavy (non-hydrogen) atoms. The van der Waals surface area contributed by atoms with Gasteiger partial charge in [-0.05, 0) is 37.1 Å². The van der Waals surface area contributed by atoms with Gasteiger partial charge in [-0.3, -0.25) is 4.79 Å². The van der Waals surface area contributed by atoms with Crippen molar-refractivity contribution < 1.29 is 4.39 Å². The summed E-state index contributed by atoms with van der Waals surface area (Å²) in [5, 5.41) is 9.64. The van der Waals surface area contributed by atoms with Crippen LogP contribution in [0.15, 0.2) is 58.5 Å². The van der Waals surface area contributed by atoms with E-state index < -0.39 is 0 Å². The Hall–Kier alpha value is -3.00. The number of fused-ring (bicyclic) bond motifs is 1. The van der Waals surface area contributed by atoms with Crippen LogP contribution < -0.4 is 5.56 Å². The van der Waals surface area contributed by atoms with Gasteiger partial charge in [0.15, 0.2) is 11.0 Å². The summed E-state index contributed by atoms with van der Waals surface area (Å²) < 4.78 is 16.3. The largest absolute Gasteiger partial charge is 0.309 e. The van der Waals surface area contributed by atoms with E-state index in [4.69, 9.17) is 0 Å². The number of benzene rings is 2. The number of aromatic nitrogens is 5. The van der Waals surface area contributed by atoms with E-state index in [1.807, 2.05) is 29.7 Å². The number of H-pyrrole nitrogens is 1. The highest BCUT2D eigenvalue weighted by atomic mass is 32.2. The van der Waals surface area contributed by atoms with Gasteiger partial charge in [0.2, 0.25) is 0 Å². The lowest BCUT2D eigenvalue weighted by Gasteiger charge is -2.15. The molecule has 0 fully saturated rings. The van der Waals surface area contributed by atoms with E-state index in [0.29, 0.717) is 45.7 Å². The predicted molar refractivity (Wildman–Crippen MR) is 117 cm³/mol. The first-order valence-electron chi connectivity index (χ1n) is 9.77. The molecule has 0 bridgehead atoms. The summed E-state index contributed by atoms with van der Waals surface area (Å²) in [4.78, 5) is 19.9. The number of rotatable bonds is 6. The van der Waals surface area contributed by atoms with Crippen LogP contribution in [0.1, 0.15) is 31.8 Å². The zero-order chi connectivity index (χ0) is 21.3. The summed E-state index contributed by atoms with van der Waals surface area (Å²) in [5.41, 5.74) is 0.903. The molecule has 4 rings (SSSR count). The first kappa shape index (κ1) is 20.3. The van der Waals surface area contributed by atoms with E-state index in [1.54, 1.807) is 24.3 Å². The summed E-state index contributed by atoms with van der Waals surface area (Å²) >= 11 is 1.44. The van der Waals surface area contributed by atoms with Gasteiger partial charge in [0.05, 0.1) is 21.7 Å². The van der Waals surface area contributed by atoms with Crippen molar-refractivity contribution >= 4 is 22.7 Å². The van der Waals surface area contributed by atoms with E-state index in [1.165, 1.54) is 17.8 Å². The molecule has 2 aromatic carbocycles. The highest BCUT2D eigenvalue weighted by molar-refractivity contribution is 7.99. The fourth-order valence-electron chi connectivity index (χ4n) is 3.26. The molecule has 4 aromatic rings. The molecule has 0 aliphatic rings. The molecule has 0 saturated heterocycles. The maximum atomic E-state index is 14.4. The molecule has 0 unspecified atom stereocenters. The third-order valence-corrected chi connectivity index (χ3v) is 5.77. The Labute approximate surface area is 177 Å². The molecule has 154 valence electrons. The molecular weight excluding hydrogens is 401 g/mol. The van der Waals surface area contributed by atoms with Crippen LogP contribution in [0.2, 0.25) is 0 Å². The van der Waals surface area contributed by atoms with Crippen LogP contribution in [0, 0.1) is 11.7 Å². The Morgan fingerprint density at radius 3 is 2.57 bits per heavy atom. The number of halogens is 1. The average Bonchev–Trinajstić information content (AvgIpc) is 3.09. The minimum Gasteiger partial charge on any atom is -0.309 e. The molecule has 2 heterocycles. The zero-order valence-electron chi connectivity index (χ0n) is 17.0. The lowest BCUT2D eigenvalue weighted by Crippen LogP contribution is -2.13. The molecule has 0 aliphatic carbocycles. The van der Waals surface area contributed by atoms with Crippen LogP contribution in [0.5, 0.6) is 0 Å². The molecule has 0 radical (unpaired) electrons. The lowest BCUT2D eigenvalue weighted by molar-refractivity contribution is 0.496. The van der Waals surface area contributed by atoms with Crippen molar-refractivity contribution in [3.8, 4) is 11.4 Å². The Kier molecular flexibility index (Phi) is 5.67. The van der Waals surface area contributed by atoms with Crippen molar-refractivity contribution in [2.75, 3.05) is 0 Å². The lowest BCUT2D eigenvalue weighted by atomic mass is 10.2. The third-order valence-electron chi connectivity index (χ3n) is 4.68. The third kappa shape index (κ3) is 4.00. The van der Waals surface area contributed by atoms with Gasteiger partial charge in [-0.2, -0.15) is 0 Å². The van der Waals surface area contributed by atoms with Crippen LogP contribution in [0.25, 0.3) is 22.3 Å². The van der Waals surface area contributed by atoms with Crippen molar-refractivity contribution in [1.29, 1.82) is 0 Å². The van der Waals surface area contributed by atoms with Gasteiger partial charge in [-0.15, -0.1) is 10.2 Å². The molecule has 0 saturated carbocycles. The minimum atomic E-state index is -0.333. The Morgan fingerprint density at radius 2 is 1.80 bits per heavy atom. The van der Waals surface area contributed by atoms with Crippen molar-refractivity contribution in [3.63, 3.8) is 0 Å². The van der Waals surface area contributed by atoms with E-state index in [9.17, 15) is 9.18 Å². The maximum Gasteiger partial charge on any atom is 0.258 e. The van der Waals surface area contributed by atoms with Gasteiger partial charge in [-0.1, -0.05) is 49.9 Å². The van der Waals surface area contributed by atoms with Crippen molar-refractivity contribution in [3.05, 3.63) is 70.5 Å². The Bertz CT molecular complexity index is 1250. The number of thioether (sulfide) groups is 1. The normalized spacial score (nSPS) is 12.6. The second-order valence-corrected chi connectivity index (χ2v) is 8.83. The summed E-state index contributed by atoms with van der Waals surface area (Å²) in [6.45, 7) is 6.78. The van der Waals surface area contributed by atoms with Crippen LogP contribution >= 0.6 is 11.8 Å². The smallest absolute Gasteiger partial charge is 0.258 e. The quantitative estimate of drug-likeness (QED) is 0.450. The fraction of sp³-hybridized carbons (Fsp3) is 0.273. The van der Waals surface area contributed by atoms with Crippen molar-refractivity contribution in [2.24, 2.45) is 5.92 Å². The first-order valence-corrected chi connectivity index (χ1v) is 10.7. The molecule has 6 nitrogen and oxygen atoms in total. The van der Waals surface area contributed by atoms with Crippen LogP contribution in [0.3, 0.4) is 0 Å². The van der Waals surface area contributed by atoms with Crippen LogP contribution in [-0.4, -0.2) is 24.7 Å². The maximum absolute atomic E-state index is 14.4. The number of hydrogen-bond acceptors (Lipinski definition) is 5. The number of aromatic amines is 1. The van der Waals surface area contributed by atoms with Crippen molar-refractivity contribution in [2.45, 2.75) is 37.7 Å². The number of nitrogens with zero attached hydrogens (tertiary/aromatic N) is 4. The topological polar surface area (TPSA) is 76.5 Å². The van der Waals surface area contributed by atoms with E-state index in [-0.39, 0.29) is 16.6 Å². The highest BCUT2D eigenvalue weighted by Crippen LogP contribution is 2.34. The number of hydrogen-bond donors (Lipinski definition) is 1. The second kappa shape index (κ2) is 8.39. The monoisotopic (exact) mass is 423 g/mol. The Balaban J connectivity index is 1.71. The first-order chi connectivity index (χ1) is 14.4. The summed E-state index contributed by atoms with van der Waals surface area (Å²) in [6.07, 6.45) is 0. The highest BCUT2D eigenvalue weighted by Gasteiger charge is 2.21. The molecule has 8 heteroatoms. The van der Waals surface area contributed by atoms with Gasteiger partial charge in [0, 0.05) is 6.54 Å². The summed E-state index contributed by atoms with van der Waals surface area (Å²) in [5.74, 6) is 1.05. The van der Waals surface area contributed by atoms with Gasteiger partial charge < -0.3 is 9.55 Å². The molecule has 0 aliphatic heterocycles. The van der Waals surface area contributed by atoms with E-state index in [0.717, 1.165) is 0 Å². The van der Waals surface area contributed by atoms with Gasteiger partial charge >= 0.3 is 0 Å². The van der Waals surface area contributed by atoms with Gasteiger partial charge in [-0.25, -0.2) is 9.37 Å². The summed E-state index contributed by atoms with van der Waals surface area (Å²) in [7, 11) is 0. The van der Waals surface area contributed by atoms with Gasteiger partial charge in [0.25, 0.3) is 5.56 Å². The number of nitrogens with one attached hydrogen (secondary N) is 1. The molecule has 1 N–H and O–H groups in total. The molecule has 1 atom stereocenters. The molecule has 0 amide bonds. The average molecular weight is 424 g/mol. The van der Waals surface area contributed by atoms with Crippen molar-refractivity contribution in [1.82, 2.24) is 24.7 Å². The van der Waals surface area contributed by atoms with Crippen LogP contribution in [-0.2, 0) is 6.54 Å². The van der Waals surface area contributed by atoms with Crippen LogP contribution in [0.4, 0.5) is 4.39 Å². The standard InChI is InChI=1S/C22H22FN5OS/c1-13(2)12-28-20(15-8-4-6-10-17(15)23)26-27-22(28)30-14(3)19-24-18-11-7-5-9-16(18)21(29)25-19/h4-11,13-14H,12H2,1-3H3,(H,24,25,29)/t14-/m0/s1. The second-order valence-electron chi connectivity index (χ2n) is 7.52. The van der Waals surface area contributed by atoms with E-state index >= 15 is 0 Å². The fourth-order valence-corrected chi connectivity index (χ4v) is 4.17. The van der Waals surface area contributed by atoms with E-state index in [2.05, 4.69) is 34.0 Å². The number of para-hydroxylation sites is 1. The molecule has 2 aromatic heterocycles. The molecular formula is C22H22FN5OS. The zero-order valence-corrected chi connectivity index (χ0v) is 17.8. The SMILES string of the molecule is CC(C)Cn1c(S[C@@H](C)c2nc3ccccc3c(=O)[nH]2)nnc1-c1ccccc1F. The Morgan fingerprint density at radius 1 is 1.07 bits per heavy atom. The predicted octanol–water partition coefficient (Wildman–Crippen LogP) is 4.83.